The van der Waals surface area contributed by atoms with E-state index in [2.05, 4.69) is 20.8 Å². The van der Waals surface area contributed by atoms with E-state index in [4.69, 9.17) is 19.3 Å². The molecule has 2 aromatic rings. The number of hydrogen-bond acceptors (Lipinski definition) is 10. The third-order valence-electron chi connectivity index (χ3n) is 4.10. The Morgan fingerprint density at radius 1 is 1.21 bits per heavy atom. The summed E-state index contributed by atoms with van der Waals surface area (Å²) < 4.78 is 15.7. The second-order valence-electron chi connectivity index (χ2n) is 5.85. The summed E-state index contributed by atoms with van der Waals surface area (Å²) in [5, 5.41) is 42.3. The number of amides is 2. The van der Waals surface area contributed by atoms with E-state index in [0.717, 1.165) is 11.3 Å². The number of carbonyl (C=O) groups is 1. The Morgan fingerprint density at radius 2 is 2.00 bits per heavy atom. The molecule has 1 aromatic carbocycles. The van der Waals surface area contributed by atoms with Crippen LogP contribution in [0.1, 0.15) is 11.1 Å². The molecule has 5 N–H and O–H groups in total. The SMILES string of the molecule is COc1ccc(OC)c(NC(=O)Nc2nnc([C@@H]3O[C@H](CO)[C@@H](O)[C@H]3O)s2)c1. The molecule has 0 unspecified atom stereocenters. The van der Waals surface area contributed by atoms with Gasteiger partial charge in [0.25, 0.3) is 0 Å². The highest BCUT2D eigenvalue weighted by atomic mass is 32.1. The quantitative estimate of drug-likeness (QED) is 0.452. The fourth-order valence-corrected chi connectivity index (χ4v) is 3.48. The number of aliphatic hydroxyl groups excluding tert-OH is 3. The molecule has 1 fully saturated rings. The summed E-state index contributed by atoms with van der Waals surface area (Å²) in [5.41, 5.74) is 0.396. The Morgan fingerprint density at radius 3 is 2.64 bits per heavy atom. The van der Waals surface area contributed by atoms with Crippen LogP contribution in [-0.4, -0.2) is 70.7 Å². The third-order valence-corrected chi connectivity index (χ3v) is 5.00. The van der Waals surface area contributed by atoms with Crippen molar-refractivity contribution in [3.63, 3.8) is 0 Å². The predicted octanol–water partition coefficient (Wildman–Crippen LogP) is 0.353. The molecule has 0 aliphatic carbocycles. The molecule has 1 saturated heterocycles. The predicted molar refractivity (Wildman–Crippen MR) is 98.8 cm³/mol. The standard InChI is InChI=1S/C16H20N4O7S/c1-25-7-3-4-9(26-2)8(5-7)17-15(24)18-16-20-19-14(28-16)13-12(23)11(22)10(6-21)27-13/h3-5,10-13,21-23H,6H2,1-2H3,(H2,17,18,20,24)/t10-,11-,12-,13-/m1/s1. The number of benzene rings is 1. The summed E-state index contributed by atoms with van der Waals surface area (Å²) in [6, 6.07) is 4.36. The molecule has 3 rings (SSSR count). The summed E-state index contributed by atoms with van der Waals surface area (Å²) in [6.45, 7) is -0.441. The molecule has 2 amide bonds. The number of rotatable bonds is 6. The van der Waals surface area contributed by atoms with Gasteiger partial charge in [0.2, 0.25) is 5.13 Å². The van der Waals surface area contributed by atoms with E-state index in [0.29, 0.717) is 17.2 Å². The normalized spacial score (nSPS) is 24.0. The van der Waals surface area contributed by atoms with Crippen molar-refractivity contribution in [3.05, 3.63) is 23.2 Å². The molecule has 0 radical (unpaired) electrons. The first-order valence-corrected chi connectivity index (χ1v) is 9.04. The maximum absolute atomic E-state index is 12.3. The third kappa shape index (κ3) is 4.15. The van der Waals surface area contributed by atoms with Gasteiger partial charge in [-0.3, -0.25) is 5.32 Å². The number of urea groups is 1. The van der Waals surface area contributed by atoms with Crippen molar-refractivity contribution in [2.24, 2.45) is 0 Å². The molecule has 1 aliphatic heterocycles. The number of carbonyl (C=O) groups excluding carboxylic acids is 1. The molecule has 0 spiro atoms. The first kappa shape index (κ1) is 20.2. The van der Waals surface area contributed by atoms with E-state index < -0.39 is 37.1 Å². The molecule has 4 atom stereocenters. The highest BCUT2D eigenvalue weighted by molar-refractivity contribution is 7.15. The minimum absolute atomic E-state index is 0.159. The number of hydrogen-bond donors (Lipinski definition) is 5. The van der Waals surface area contributed by atoms with E-state index in [-0.39, 0.29) is 10.1 Å². The van der Waals surface area contributed by atoms with Crippen LogP contribution < -0.4 is 20.1 Å². The lowest BCUT2D eigenvalue weighted by molar-refractivity contribution is -0.0229. The van der Waals surface area contributed by atoms with Crippen LogP contribution in [-0.2, 0) is 4.74 Å². The van der Waals surface area contributed by atoms with E-state index in [1.54, 1.807) is 18.2 Å². The van der Waals surface area contributed by atoms with Crippen molar-refractivity contribution < 1.29 is 34.3 Å². The van der Waals surface area contributed by atoms with Crippen molar-refractivity contribution in [3.8, 4) is 11.5 Å². The van der Waals surface area contributed by atoms with Crippen LogP contribution in [0, 0.1) is 0 Å². The highest BCUT2D eigenvalue weighted by Gasteiger charge is 2.44. The van der Waals surface area contributed by atoms with Gasteiger partial charge in [-0.15, -0.1) is 10.2 Å². The van der Waals surface area contributed by atoms with Crippen LogP contribution in [0.25, 0.3) is 0 Å². The number of nitrogens with zero attached hydrogens (tertiary/aromatic N) is 2. The van der Waals surface area contributed by atoms with Crippen molar-refractivity contribution in [1.82, 2.24) is 10.2 Å². The Labute approximate surface area is 163 Å². The molecule has 2 heterocycles. The largest absolute Gasteiger partial charge is 0.497 e. The van der Waals surface area contributed by atoms with Gasteiger partial charge in [0.15, 0.2) is 5.01 Å². The molecule has 1 aliphatic rings. The minimum Gasteiger partial charge on any atom is -0.497 e. The van der Waals surface area contributed by atoms with Gasteiger partial charge in [-0.1, -0.05) is 11.3 Å². The Kier molecular flexibility index (Phi) is 6.26. The number of methoxy groups -OCH3 is 2. The molecule has 0 bridgehead atoms. The number of nitrogens with one attached hydrogen (secondary N) is 2. The van der Waals surface area contributed by atoms with Gasteiger partial charge in [-0.2, -0.15) is 0 Å². The zero-order valence-corrected chi connectivity index (χ0v) is 15.8. The highest BCUT2D eigenvalue weighted by Crippen LogP contribution is 2.36. The zero-order chi connectivity index (χ0) is 20.3. The van der Waals surface area contributed by atoms with Gasteiger partial charge in [0.1, 0.15) is 35.9 Å². The lowest BCUT2D eigenvalue weighted by atomic mass is 10.1. The smallest absolute Gasteiger partial charge is 0.325 e. The first-order chi connectivity index (χ1) is 13.5. The second kappa shape index (κ2) is 8.67. The molecular formula is C16H20N4O7S. The second-order valence-corrected chi connectivity index (χ2v) is 6.86. The maximum Gasteiger partial charge on any atom is 0.325 e. The van der Waals surface area contributed by atoms with Crippen LogP contribution in [0.2, 0.25) is 0 Å². The van der Waals surface area contributed by atoms with Gasteiger partial charge in [0, 0.05) is 6.07 Å². The van der Waals surface area contributed by atoms with Gasteiger partial charge >= 0.3 is 6.03 Å². The molecular weight excluding hydrogens is 392 g/mol. The van der Waals surface area contributed by atoms with Crippen LogP contribution in [0.5, 0.6) is 11.5 Å². The number of ether oxygens (including phenoxy) is 3. The molecule has 28 heavy (non-hydrogen) atoms. The van der Waals surface area contributed by atoms with Crippen molar-refractivity contribution in [1.29, 1.82) is 0 Å². The van der Waals surface area contributed by atoms with Gasteiger partial charge < -0.3 is 34.8 Å². The van der Waals surface area contributed by atoms with E-state index >= 15 is 0 Å². The Bertz CT molecular complexity index is 833. The van der Waals surface area contributed by atoms with E-state index in [9.17, 15) is 15.0 Å². The molecule has 11 nitrogen and oxygen atoms in total. The lowest BCUT2D eigenvalue weighted by Gasteiger charge is -2.11. The molecule has 0 saturated carbocycles. The summed E-state index contributed by atoms with van der Waals surface area (Å²) in [6.07, 6.45) is -4.35. The molecule has 1 aromatic heterocycles. The van der Waals surface area contributed by atoms with Crippen LogP contribution in [0.15, 0.2) is 18.2 Å². The van der Waals surface area contributed by atoms with Crippen LogP contribution in [0.4, 0.5) is 15.6 Å². The molecule has 12 heteroatoms. The minimum atomic E-state index is -1.26. The first-order valence-electron chi connectivity index (χ1n) is 8.22. The number of aromatic nitrogens is 2. The fourth-order valence-electron chi connectivity index (χ4n) is 2.67. The van der Waals surface area contributed by atoms with Crippen LogP contribution >= 0.6 is 11.3 Å². The van der Waals surface area contributed by atoms with Crippen molar-refractivity contribution in [2.45, 2.75) is 24.4 Å². The summed E-state index contributed by atoms with van der Waals surface area (Å²) in [7, 11) is 2.98. The Hall–Kier alpha value is -2.51. The average molecular weight is 412 g/mol. The number of anilines is 2. The van der Waals surface area contributed by atoms with E-state index in [1.807, 2.05) is 0 Å². The Balaban J connectivity index is 1.66. The average Bonchev–Trinajstić information content (AvgIpc) is 3.26. The summed E-state index contributed by atoms with van der Waals surface area (Å²) in [5.74, 6) is 0.985. The van der Waals surface area contributed by atoms with Gasteiger partial charge in [-0.25, -0.2) is 4.79 Å². The zero-order valence-electron chi connectivity index (χ0n) is 15.0. The van der Waals surface area contributed by atoms with Crippen LogP contribution in [0.3, 0.4) is 0 Å². The topological polar surface area (TPSA) is 155 Å². The summed E-state index contributed by atoms with van der Waals surface area (Å²) in [4.78, 5) is 12.3. The van der Waals surface area contributed by atoms with Crippen molar-refractivity contribution in [2.75, 3.05) is 31.5 Å². The summed E-state index contributed by atoms with van der Waals surface area (Å²) >= 11 is 0.977. The number of aliphatic hydroxyl groups is 3. The molecule has 152 valence electrons. The monoisotopic (exact) mass is 412 g/mol. The van der Waals surface area contributed by atoms with Gasteiger partial charge in [-0.05, 0) is 12.1 Å². The van der Waals surface area contributed by atoms with Crippen molar-refractivity contribution >= 4 is 28.2 Å². The lowest BCUT2D eigenvalue weighted by Crippen LogP contribution is -2.32. The fraction of sp³-hybridized carbons (Fsp3) is 0.438. The maximum atomic E-state index is 12.3. The van der Waals surface area contributed by atoms with E-state index in [1.165, 1.54) is 14.2 Å². The van der Waals surface area contributed by atoms with Gasteiger partial charge in [0.05, 0.1) is 26.5 Å².